The number of unbranched alkanes of at least 4 members (excludes halogenated alkanes) is 2. The summed E-state index contributed by atoms with van der Waals surface area (Å²) in [6.45, 7) is 2.62. The molecule has 4 aromatic rings. The second-order valence-electron chi connectivity index (χ2n) is 7.52. The molecule has 33 heavy (non-hydrogen) atoms. The molecule has 0 saturated carbocycles. The van der Waals surface area contributed by atoms with Crippen LogP contribution in [0, 0.1) is 10.1 Å². The Morgan fingerprint density at radius 1 is 1.18 bits per heavy atom. The lowest BCUT2D eigenvalue weighted by atomic mass is 10.2. The Kier molecular flexibility index (Phi) is 6.25. The highest BCUT2D eigenvalue weighted by atomic mass is 16.6. The summed E-state index contributed by atoms with van der Waals surface area (Å²) in [5.74, 6) is -0.252. The lowest BCUT2D eigenvalue weighted by Crippen LogP contribution is -2.25. The molecule has 0 atom stereocenters. The number of benzene rings is 2. The largest absolute Gasteiger partial charge is 0.383 e. The van der Waals surface area contributed by atoms with Crippen molar-refractivity contribution >= 4 is 45.8 Å². The Labute approximate surface area is 189 Å². The van der Waals surface area contributed by atoms with Gasteiger partial charge in [-0.05, 0) is 18.6 Å². The van der Waals surface area contributed by atoms with Gasteiger partial charge in [-0.1, -0.05) is 44.0 Å². The number of anilines is 1. The quantitative estimate of drug-likeness (QED) is 0.182. The molecule has 0 aliphatic carbocycles. The van der Waals surface area contributed by atoms with E-state index < -0.39 is 4.92 Å². The minimum Gasteiger partial charge on any atom is -0.383 e. The van der Waals surface area contributed by atoms with Crippen molar-refractivity contribution < 1.29 is 9.72 Å². The molecule has 10 nitrogen and oxygen atoms in total. The number of rotatable bonds is 8. The monoisotopic (exact) mass is 445 g/mol. The third-order valence-corrected chi connectivity index (χ3v) is 5.17. The summed E-state index contributed by atoms with van der Waals surface area (Å²) in [5, 5.41) is 18.3. The van der Waals surface area contributed by atoms with Crippen LogP contribution in [0.4, 0.5) is 11.5 Å². The molecule has 0 unspecified atom stereocenters. The number of para-hydroxylation sites is 2. The second kappa shape index (κ2) is 9.43. The van der Waals surface area contributed by atoms with E-state index in [1.807, 2.05) is 24.3 Å². The average molecular weight is 445 g/mol. The van der Waals surface area contributed by atoms with Crippen LogP contribution in [0.25, 0.3) is 22.2 Å². The van der Waals surface area contributed by atoms with Crippen molar-refractivity contribution in [2.45, 2.75) is 26.2 Å². The van der Waals surface area contributed by atoms with E-state index in [-0.39, 0.29) is 23.0 Å². The van der Waals surface area contributed by atoms with Gasteiger partial charge in [0.1, 0.15) is 16.9 Å². The van der Waals surface area contributed by atoms with Crippen molar-refractivity contribution in [2.75, 3.05) is 12.3 Å². The molecule has 2 heterocycles. The van der Waals surface area contributed by atoms with E-state index >= 15 is 0 Å². The van der Waals surface area contributed by atoms with Crippen LogP contribution >= 0.6 is 0 Å². The van der Waals surface area contributed by atoms with Gasteiger partial charge in [0, 0.05) is 24.2 Å². The number of aromatic nitrogens is 3. The molecule has 10 heteroatoms. The van der Waals surface area contributed by atoms with Gasteiger partial charge in [-0.25, -0.2) is 9.97 Å². The maximum absolute atomic E-state index is 13.0. The van der Waals surface area contributed by atoms with E-state index in [2.05, 4.69) is 27.3 Å². The van der Waals surface area contributed by atoms with E-state index in [0.717, 1.165) is 19.3 Å². The first-order valence-corrected chi connectivity index (χ1v) is 10.6. The highest BCUT2D eigenvalue weighted by molar-refractivity contribution is 6.10. The van der Waals surface area contributed by atoms with Gasteiger partial charge in [0.15, 0.2) is 5.65 Å². The number of fused-ring (bicyclic) bond motifs is 2. The summed E-state index contributed by atoms with van der Waals surface area (Å²) in [5.41, 5.74) is 8.93. The van der Waals surface area contributed by atoms with Gasteiger partial charge in [-0.2, -0.15) is 9.78 Å². The van der Waals surface area contributed by atoms with E-state index in [0.29, 0.717) is 34.3 Å². The van der Waals surface area contributed by atoms with Crippen molar-refractivity contribution in [3.8, 4) is 0 Å². The first-order valence-electron chi connectivity index (χ1n) is 10.6. The number of amides is 1. The lowest BCUT2D eigenvalue weighted by molar-refractivity contribution is -0.384. The van der Waals surface area contributed by atoms with Crippen molar-refractivity contribution in [3.05, 3.63) is 69.8 Å². The molecule has 0 bridgehead atoms. The number of nitro benzene ring substituents is 1. The molecule has 2 aromatic heterocycles. The zero-order valence-corrected chi connectivity index (χ0v) is 18.1. The summed E-state index contributed by atoms with van der Waals surface area (Å²) in [6, 6.07) is 13.3. The van der Waals surface area contributed by atoms with Crippen molar-refractivity contribution in [1.29, 1.82) is 0 Å². The smallest absolute Gasteiger partial charge is 0.270 e. The summed E-state index contributed by atoms with van der Waals surface area (Å²) >= 11 is 0. The standard InChI is InChI=1S/C23H23N7O3/c1-2-3-6-12-25-23(31)19-20-22(28-18-11-5-4-10-17(18)27-20)29(21(19)24)26-14-15-8-7-9-16(13-15)30(32)33/h4-5,7-11,13-14H,2-3,6,12,24H2,1H3,(H,25,31)/b26-14-. The highest BCUT2D eigenvalue weighted by Crippen LogP contribution is 2.28. The van der Waals surface area contributed by atoms with Crippen LogP contribution in [0.5, 0.6) is 0 Å². The molecule has 2 aromatic carbocycles. The lowest BCUT2D eigenvalue weighted by Gasteiger charge is -2.05. The van der Waals surface area contributed by atoms with Gasteiger partial charge >= 0.3 is 0 Å². The molecule has 4 rings (SSSR count). The SMILES string of the molecule is CCCCCNC(=O)c1c(N)n(/N=C\c2cccc([N+](=O)[O-])c2)c2nc3ccccc3nc12. The molecule has 3 N–H and O–H groups in total. The van der Waals surface area contributed by atoms with E-state index in [1.165, 1.54) is 23.0 Å². The summed E-state index contributed by atoms with van der Waals surface area (Å²) < 4.78 is 1.34. The number of carbonyl (C=O) groups excluding carboxylic acids is 1. The van der Waals surface area contributed by atoms with Gasteiger partial charge in [-0.3, -0.25) is 14.9 Å². The van der Waals surface area contributed by atoms with Crippen molar-refractivity contribution in [1.82, 2.24) is 20.0 Å². The van der Waals surface area contributed by atoms with E-state index in [9.17, 15) is 14.9 Å². The van der Waals surface area contributed by atoms with Crippen LogP contribution in [-0.4, -0.2) is 38.2 Å². The fourth-order valence-corrected chi connectivity index (χ4v) is 3.50. The Morgan fingerprint density at radius 2 is 1.94 bits per heavy atom. The van der Waals surface area contributed by atoms with Crippen molar-refractivity contribution in [2.24, 2.45) is 5.10 Å². The molecular formula is C23H23N7O3. The fourth-order valence-electron chi connectivity index (χ4n) is 3.50. The van der Waals surface area contributed by atoms with Gasteiger partial charge in [0.05, 0.1) is 22.2 Å². The van der Waals surface area contributed by atoms with Crippen LogP contribution in [0.1, 0.15) is 42.1 Å². The molecule has 1 amide bonds. The van der Waals surface area contributed by atoms with Crippen LogP contribution in [-0.2, 0) is 0 Å². The third kappa shape index (κ3) is 4.49. The number of nitrogens with one attached hydrogen (secondary N) is 1. The maximum atomic E-state index is 13.0. The topological polar surface area (TPSA) is 141 Å². The number of nitrogen functional groups attached to an aromatic ring is 1. The molecular weight excluding hydrogens is 422 g/mol. The fraction of sp³-hybridized carbons (Fsp3) is 0.217. The molecule has 0 aliphatic rings. The molecule has 0 radical (unpaired) electrons. The minimum atomic E-state index is -0.477. The number of hydrogen-bond acceptors (Lipinski definition) is 7. The Morgan fingerprint density at radius 3 is 2.67 bits per heavy atom. The minimum absolute atomic E-state index is 0.0535. The number of non-ortho nitro benzene ring substituents is 1. The number of nitrogens with two attached hydrogens (primary N) is 1. The van der Waals surface area contributed by atoms with E-state index in [1.54, 1.807) is 12.1 Å². The zero-order chi connectivity index (χ0) is 23.4. The zero-order valence-electron chi connectivity index (χ0n) is 18.1. The van der Waals surface area contributed by atoms with Gasteiger partial charge in [0.2, 0.25) is 0 Å². The van der Waals surface area contributed by atoms with Crippen LogP contribution in [0.15, 0.2) is 53.6 Å². The molecule has 0 spiro atoms. The molecule has 168 valence electrons. The van der Waals surface area contributed by atoms with Gasteiger partial charge < -0.3 is 11.1 Å². The number of nitrogens with zero attached hydrogens (tertiary/aromatic N) is 5. The van der Waals surface area contributed by atoms with Crippen LogP contribution in [0.3, 0.4) is 0 Å². The second-order valence-corrected chi connectivity index (χ2v) is 7.52. The number of hydrogen-bond donors (Lipinski definition) is 2. The maximum Gasteiger partial charge on any atom is 0.270 e. The Hall–Kier alpha value is -4.34. The third-order valence-electron chi connectivity index (χ3n) is 5.17. The summed E-state index contributed by atoms with van der Waals surface area (Å²) in [6.07, 6.45) is 4.35. The Bertz CT molecular complexity index is 1380. The molecule has 0 fully saturated rings. The Balaban J connectivity index is 1.80. The summed E-state index contributed by atoms with van der Waals surface area (Å²) in [4.78, 5) is 32.8. The van der Waals surface area contributed by atoms with Gasteiger partial charge in [-0.15, -0.1) is 0 Å². The predicted molar refractivity (Wildman–Crippen MR) is 127 cm³/mol. The van der Waals surface area contributed by atoms with Gasteiger partial charge in [0.25, 0.3) is 11.6 Å². The molecule has 0 aliphatic heterocycles. The average Bonchev–Trinajstić information content (AvgIpc) is 3.09. The predicted octanol–water partition coefficient (Wildman–Crippen LogP) is 3.88. The first-order chi connectivity index (χ1) is 16.0. The van der Waals surface area contributed by atoms with Crippen LogP contribution in [0.2, 0.25) is 0 Å². The number of carbonyl (C=O) groups is 1. The first kappa shape index (κ1) is 21.9. The molecule has 0 saturated heterocycles. The van der Waals surface area contributed by atoms with Crippen LogP contribution < -0.4 is 11.1 Å². The highest BCUT2D eigenvalue weighted by Gasteiger charge is 2.23. The number of nitro groups is 1. The van der Waals surface area contributed by atoms with Crippen molar-refractivity contribution in [3.63, 3.8) is 0 Å². The normalized spacial score (nSPS) is 11.4. The van der Waals surface area contributed by atoms with E-state index in [4.69, 9.17) is 5.73 Å². The summed E-state index contributed by atoms with van der Waals surface area (Å²) in [7, 11) is 0.